The average Bonchev–Trinajstić information content (AvgIpc) is 2.91. The normalized spacial score (nSPS) is 17.9. The van der Waals surface area contributed by atoms with Crippen LogP contribution in [-0.2, 0) is 0 Å². The second-order valence-corrected chi connectivity index (χ2v) is 5.04. The number of nitrogens with one attached hydrogen (secondary N) is 1. The van der Waals surface area contributed by atoms with Crippen molar-refractivity contribution in [2.75, 3.05) is 20.2 Å². The molecule has 0 amide bonds. The van der Waals surface area contributed by atoms with E-state index in [0.29, 0.717) is 19.1 Å². The van der Waals surface area contributed by atoms with Gasteiger partial charge in [-0.05, 0) is 37.4 Å². The van der Waals surface area contributed by atoms with Crippen LogP contribution in [0.4, 0.5) is 0 Å². The van der Waals surface area contributed by atoms with E-state index in [9.17, 15) is 5.11 Å². The lowest BCUT2D eigenvalue weighted by Crippen LogP contribution is -2.29. The van der Waals surface area contributed by atoms with Crippen LogP contribution in [0.3, 0.4) is 0 Å². The summed E-state index contributed by atoms with van der Waals surface area (Å²) in [6.07, 6.45) is 4.72. The molecule has 0 spiro atoms. The highest BCUT2D eigenvalue weighted by Gasteiger charge is 2.20. The second-order valence-electron chi connectivity index (χ2n) is 5.04. The molecule has 1 fully saturated rings. The zero-order valence-electron chi connectivity index (χ0n) is 11.1. The molecular formula is C15H23NO2. The van der Waals surface area contributed by atoms with E-state index < -0.39 is 6.10 Å². The van der Waals surface area contributed by atoms with Gasteiger partial charge in [0, 0.05) is 6.54 Å². The minimum Gasteiger partial charge on any atom is -0.491 e. The van der Waals surface area contributed by atoms with Gasteiger partial charge < -0.3 is 15.2 Å². The second kappa shape index (κ2) is 6.76. The van der Waals surface area contributed by atoms with Crippen LogP contribution in [0.5, 0.6) is 5.75 Å². The van der Waals surface area contributed by atoms with Gasteiger partial charge in [-0.2, -0.15) is 0 Å². The van der Waals surface area contributed by atoms with Crippen molar-refractivity contribution in [1.82, 2.24) is 5.32 Å². The molecule has 1 aromatic carbocycles. The van der Waals surface area contributed by atoms with Crippen molar-refractivity contribution < 1.29 is 9.84 Å². The van der Waals surface area contributed by atoms with Crippen molar-refractivity contribution in [1.29, 1.82) is 0 Å². The third-order valence-electron chi connectivity index (χ3n) is 3.58. The molecule has 100 valence electrons. The number of rotatable bonds is 6. The number of aliphatic hydroxyl groups excluding tert-OH is 1. The van der Waals surface area contributed by atoms with Crippen LogP contribution in [0.25, 0.3) is 0 Å². The number of hydrogen-bond acceptors (Lipinski definition) is 3. The monoisotopic (exact) mass is 249 g/mol. The summed E-state index contributed by atoms with van der Waals surface area (Å²) in [5, 5.41) is 12.6. The Kier molecular flexibility index (Phi) is 5.02. The fraction of sp³-hybridized carbons (Fsp3) is 0.600. The molecule has 3 nitrogen and oxygen atoms in total. The molecule has 0 heterocycles. The summed E-state index contributed by atoms with van der Waals surface area (Å²) < 4.78 is 5.77. The zero-order valence-corrected chi connectivity index (χ0v) is 11.1. The first-order valence-electron chi connectivity index (χ1n) is 6.85. The topological polar surface area (TPSA) is 41.5 Å². The van der Waals surface area contributed by atoms with Gasteiger partial charge in [0.05, 0.1) is 0 Å². The maximum atomic E-state index is 9.68. The Labute approximate surface area is 109 Å². The summed E-state index contributed by atoms with van der Waals surface area (Å²) in [4.78, 5) is 0. The fourth-order valence-electron chi connectivity index (χ4n) is 2.67. The number of likely N-dealkylation sites (N-methyl/N-ethyl adjacent to an activating group) is 1. The van der Waals surface area contributed by atoms with Crippen LogP contribution in [0.1, 0.15) is 37.2 Å². The van der Waals surface area contributed by atoms with Gasteiger partial charge in [-0.1, -0.05) is 31.0 Å². The van der Waals surface area contributed by atoms with Crippen LogP contribution < -0.4 is 10.1 Å². The Morgan fingerprint density at radius 1 is 1.33 bits per heavy atom. The van der Waals surface area contributed by atoms with Crippen molar-refractivity contribution in [3.05, 3.63) is 29.8 Å². The Balaban J connectivity index is 1.98. The Morgan fingerprint density at radius 3 is 2.78 bits per heavy atom. The maximum Gasteiger partial charge on any atom is 0.122 e. The Hall–Kier alpha value is -1.06. The molecule has 1 aliphatic rings. The summed E-state index contributed by atoms with van der Waals surface area (Å²) in [6.45, 7) is 0.913. The molecule has 0 aliphatic heterocycles. The quantitative estimate of drug-likeness (QED) is 0.813. The first-order chi connectivity index (χ1) is 8.81. The zero-order chi connectivity index (χ0) is 12.8. The standard InChI is InChI=1S/C15H23NO2/c1-16-10-13(17)11-18-15-9-5-4-8-14(15)12-6-2-3-7-12/h4-5,8-9,12-13,16-17H,2-3,6-7,10-11H2,1H3. The molecule has 1 saturated carbocycles. The van der Waals surface area contributed by atoms with E-state index in [-0.39, 0.29) is 0 Å². The van der Waals surface area contributed by atoms with Gasteiger partial charge in [0.15, 0.2) is 0 Å². The largest absolute Gasteiger partial charge is 0.491 e. The number of benzene rings is 1. The van der Waals surface area contributed by atoms with E-state index in [1.54, 1.807) is 0 Å². The van der Waals surface area contributed by atoms with E-state index in [2.05, 4.69) is 17.4 Å². The van der Waals surface area contributed by atoms with Crippen molar-refractivity contribution in [2.24, 2.45) is 0 Å². The number of hydrogen-bond donors (Lipinski definition) is 2. The molecule has 2 N–H and O–H groups in total. The molecule has 1 aromatic rings. The summed E-state index contributed by atoms with van der Waals surface area (Å²) in [5.74, 6) is 1.59. The van der Waals surface area contributed by atoms with Crippen LogP contribution in [0.15, 0.2) is 24.3 Å². The minimum atomic E-state index is -0.452. The predicted octanol–water partition coefficient (Wildman–Crippen LogP) is 2.30. The van der Waals surface area contributed by atoms with E-state index in [1.165, 1.54) is 31.2 Å². The molecule has 0 saturated heterocycles. The third-order valence-corrected chi connectivity index (χ3v) is 3.58. The van der Waals surface area contributed by atoms with Crippen molar-refractivity contribution in [3.8, 4) is 5.75 Å². The minimum absolute atomic E-state index is 0.352. The molecule has 1 aliphatic carbocycles. The summed E-state index contributed by atoms with van der Waals surface area (Å²) in [6, 6.07) is 8.25. The van der Waals surface area contributed by atoms with Gasteiger partial charge in [-0.3, -0.25) is 0 Å². The SMILES string of the molecule is CNCC(O)COc1ccccc1C1CCCC1. The van der Waals surface area contributed by atoms with E-state index in [4.69, 9.17) is 4.74 Å². The molecular weight excluding hydrogens is 226 g/mol. The van der Waals surface area contributed by atoms with Gasteiger partial charge in [0.1, 0.15) is 18.5 Å². The van der Waals surface area contributed by atoms with Crippen LogP contribution >= 0.6 is 0 Å². The Morgan fingerprint density at radius 2 is 2.06 bits per heavy atom. The molecule has 1 atom stereocenters. The smallest absolute Gasteiger partial charge is 0.122 e. The highest BCUT2D eigenvalue weighted by atomic mass is 16.5. The lowest BCUT2D eigenvalue weighted by molar-refractivity contribution is 0.107. The van der Waals surface area contributed by atoms with Gasteiger partial charge in [0.25, 0.3) is 0 Å². The van der Waals surface area contributed by atoms with Crippen molar-refractivity contribution >= 4 is 0 Å². The number of aliphatic hydroxyl groups is 1. The van der Waals surface area contributed by atoms with E-state index in [1.807, 2.05) is 19.2 Å². The summed E-state index contributed by atoms with van der Waals surface area (Å²) >= 11 is 0. The maximum absolute atomic E-state index is 9.68. The van der Waals surface area contributed by atoms with Crippen LogP contribution in [-0.4, -0.2) is 31.4 Å². The van der Waals surface area contributed by atoms with Gasteiger partial charge in [-0.15, -0.1) is 0 Å². The molecule has 3 heteroatoms. The molecule has 18 heavy (non-hydrogen) atoms. The van der Waals surface area contributed by atoms with Gasteiger partial charge in [-0.25, -0.2) is 0 Å². The lowest BCUT2D eigenvalue weighted by atomic mass is 9.97. The summed E-state index contributed by atoms with van der Waals surface area (Å²) in [7, 11) is 1.83. The highest BCUT2D eigenvalue weighted by molar-refractivity contribution is 5.36. The fourth-order valence-corrected chi connectivity index (χ4v) is 2.67. The van der Waals surface area contributed by atoms with Crippen molar-refractivity contribution in [3.63, 3.8) is 0 Å². The van der Waals surface area contributed by atoms with Crippen LogP contribution in [0.2, 0.25) is 0 Å². The van der Waals surface area contributed by atoms with Gasteiger partial charge in [0.2, 0.25) is 0 Å². The van der Waals surface area contributed by atoms with Gasteiger partial charge >= 0.3 is 0 Å². The van der Waals surface area contributed by atoms with Crippen molar-refractivity contribution in [2.45, 2.75) is 37.7 Å². The van der Waals surface area contributed by atoms with E-state index in [0.717, 1.165) is 5.75 Å². The lowest BCUT2D eigenvalue weighted by Gasteiger charge is -2.17. The summed E-state index contributed by atoms with van der Waals surface area (Å²) in [5.41, 5.74) is 1.31. The molecule has 2 rings (SSSR count). The number of para-hydroxylation sites is 1. The first kappa shape index (κ1) is 13.4. The predicted molar refractivity (Wildman–Crippen MR) is 73.1 cm³/mol. The first-order valence-corrected chi connectivity index (χ1v) is 6.85. The number of ether oxygens (including phenoxy) is 1. The average molecular weight is 249 g/mol. The van der Waals surface area contributed by atoms with Crippen LogP contribution in [0, 0.1) is 0 Å². The molecule has 0 bridgehead atoms. The molecule has 0 radical (unpaired) electrons. The molecule has 0 aromatic heterocycles. The highest BCUT2D eigenvalue weighted by Crippen LogP contribution is 2.38. The van der Waals surface area contributed by atoms with E-state index >= 15 is 0 Å². The Bertz CT molecular complexity index is 361. The molecule has 1 unspecified atom stereocenters. The third kappa shape index (κ3) is 3.47.